The Kier molecular flexibility index (Phi) is 7.56. The number of nitrogens with zero attached hydrogens (tertiary/aromatic N) is 1. The zero-order chi connectivity index (χ0) is 23.3. The molecule has 172 valence electrons. The second-order valence-corrected chi connectivity index (χ2v) is 9.04. The molecule has 6 heteroatoms. The van der Waals surface area contributed by atoms with E-state index in [0.29, 0.717) is 26.1 Å². The van der Waals surface area contributed by atoms with Gasteiger partial charge in [-0.15, -0.1) is 0 Å². The molecule has 1 aromatic heterocycles. The summed E-state index contributed by atoms with van der Waals surface area (Å²) in [6.07, 6.45) is 0.869. The van der Waals surface area contributed by atoms with Gasteiger partial charge in [-0.3, -0.25) is 0 Å². The summed E-state index contributed by atoms with van der Waals surface area (Å²) in [6.45, 7) is 11.0. The number of oxazole rings is 1. The lowest BCUT2D eigenvalue weighted by Gasteiger charge is -2.16. The van der Waals surface area contributed by atoms with E-state index in [0.717, 1.165) is 45.9 Å². The second kappa shape index (κ2) is 10.2. The molecule has 3 aromatic rings. The fourth-order valence-electron chi connectivity index (χ4n) is 3.55. The average Bonchev–Trinajstić information content (AvgIpc) is 3.13. The first-order chi connectivity index (χ1) is 15.2. The quantitative estimate of drug-likeness (QED) is 0.451. The molecule has 0 spiro atoms. The van der Waals surface area contributed by atoms with Crippen LogP contribution in [0.15, 0.2) is 40.8 Å². The maximum atomic E-state index is 11.6. The van der Waals surface area contributed by atoms with Gasteiger partial charge in [-0.2, -0.15) is 0 Å². The third-order valence-electron chi connectivity index (χ3n) is 5.31. The summed E-state index contributed by atoms with van der Waals surface area (Å²) in [6, 6.07) is 11.7. The van der Waals surface area contributed by atoms with Gasteiger partial charge in [0.05, 0.1) is 12.3 Å². The Morgan fingerprint density at radius 1 is 1.12 bits per heavy atom. The van der Waals surface area contributed by atoms with Crippen LogP contribution in [0.1, 0.15) is 57.0 Å². The van der Waals surface area contributed by atoms with Gasteiger partial charge in [0.2, 0.25) is 0 Å². The monoisotopic (exact) mass is 439 g/mol. The zero-order valence-electron chi connectivity index (χ0n) is 19.6. The molecule has 0 aliphatic rings. The summed E-state index contributed by atoms with van der Waals surface area (Å²) in [5.41, 5.74) is 1.71. The Bertz CT molecular complexity index is 1060. The fraction of sp³-hybridized carbons (Fsp3) is 0.462. The molecular formula is C26H33NO5. The number of hydrogen-bond donors (Lipinski definition) is 1. The van der Waals surface area contributed by atoms with Crippen LogP contribution in [0, 0.1) is 6.92 Å². The van der Waals surface area contributed by atoms with Crippen molar-refractivity contribution in [1.29, 1.82) is 0 Å². The molecule has 1 unspecified atom stereocenters. The number of carbonyl (C=O) groups is 1. The van der Waals surface area contributed by atoms with E-state index in [2.05, 4.69) is 25.8 Å². The number of aliphatic carboxylic acids is 1. The maximum absolute atomic E-state index is 11.6. The summed E-state index contributed by atoms with van der Waals surface area (Å²) >= 11 is 0. The summed E-state index contributed by atoms with van der Waals surface area (Å²) in [4.78, 5) is 16.3. The standard InChI is InChI=1S/C26H33NO5/c1-6-14-30-23(24(28)29)16-18-11-12-22(20-10-8-7-9-19(18)20)31-15-13-21-17(2)32-25(27-21)26(3,4)5/h7-12,23H,6,13-16H2,1-5H3,(H,28,29). The number of hydrogen-bond acceptors (Lipinski definition) is 5. The van der Waals surface area contributed by atoms with Gasteiger partial charge in [-0.05, 0) is 30.4 Å². The molecular weight excluding hydrogens is 406 g/mol. The molecule has 1 heterocycles. The van der Waals surface area contributed by atoms with Crippen LogP contribution in [0.2, 0.25) is 0 Å². The lowest BCUT2D eigenvalue weighted by atomic mass is 9.97. The van der Waals surface area contributed by atoms with Gasteiger partial charge in [0.25, 0.3) is 0 Å². The van der Waals surface area contributed by atoms with Gasteiger partial charge < -0.3 is 19.0 Å². The Labute approximate surface area is 189 Å². The SMILES string of the molecule is CCCOC(Cc1ccc(OCCc2nc(C(C)(C)C)oc2C)c2ccccc12)C(=O)O. The minimum Gasteiger partial charge on any atom is -0.493 e. The number of fused-ring (bicyclic) bond motifs is 1. The third kappa shape index (κ3) is 5.68. The molecule has 0 aliphatic carbocycles. The summed E-state index contributed by atoms with van der Waals surface area (Å²) in [7, 11) is 0. The highest BCUT2D eigenvalue weighted by Gasteiger charge is 2.23. The number of aryl methyl sites for hydroxylation is 1. The normalized spacial score (nSPS) is 12.8. The lowest BCUT2D eigenvalue weighted by Crippen LogP contribution is -2.26. The van der Waals surface area contributed by atoms with E-state index in [4.69, 9.17) is 13.9 Å². The smallest absolute Gasteiger partial charge is 0.333 e. The number of aromatic nitrogens is 1. The van der Waals surface area contributed by atoms with Gasteiger partial charge in [0.1, 0.15) is 11.5 Å². The van der Waals surface area contributed by atoms with Crippen LogP contribution < -0.4 is 4.74 Å². The van der Waals surface area contributed by atoms with Crippen molar-refractivity contribution >= 4 is 16.7 Å². The van der Waals surface area contributed by atoms with Crippen molar-refractivity contribution in [3.05, 3.63) is 59.3 Å². The van der Waals surface area contributed by atoms with Crippen LogP contribution in [0.4, 0.5) is 0 Å². The molecule has 2 aromatic carbocycles. The van der Waals surface area contributed by atoms with E-state index >= 15 is 0 Å². The van der Waals surface area contributed by atoms with Gasteiger partial charge >= 0.3 is 5.97 Å². The van der Waals surface area contributed by atoms with Gasteiger partial charge in [-0.25, -0.2) is 9.78 Å². The zero-order valence-corrected chi connectivity index (χ0v) is 19.6. The van der Waals surface area contributed by atoms with Crippen molar-refractivity contribution < 1.29 is 23.8 Å². The molecule has 0 bridgehead atoms. The van der Waals surface area contributed by atoms with Crippen molar-refractivity contribution in [1.82, 2.24) is 4.98 Å². The highest BCUT2D eigenvalue weighted by atomic mass is 16.5. The van der Waals surface area contributed by atoms with Crippen LogP contribution in [0.5, 0.6) is 5.75 Å². The Hall–Kier alpha value is -2.86. The first-order valence-electron chi connectivity index (χ1n) is 11.1. The second-order valence-electron chi connectivity index (χ2n) is 9.04. The highest BCUT2D eigenvalue weighted by Crippen LogP contribution is 2.30. The fourth-order valence-corrected chi connectivity index (χ4v) is 3.55. The average molecular weight is 440 g/mol. The Morgan fingerprint density at radius 2 is 1.84 bits per heavy atom. The number of carboxylic acid groups (broad SMARTS) is 1. The largest absolute Gasteiger partial charge is 0.493 e. The molecule has 3 rings (SSSR count). The van der Waals surface area contributed by atoms with Gasteiger partial charge in [-0.1, -0.05) is 58.0 Å². The molecule has 0 saturated heterocycles. The molecule has 0 radical (unpaired) electrons. The van der Waals surface area contributed by atoms with E-state index in [-0.39, 0.29) is 5.41 Å². The summed E-state index contributed by atoms with van der Waals surface area (Å²) in [5.74, 6) is 1.38. The van der Waals surface area contributed by atoms with Crippen LogP contribution >= 0.6 is 0 Å². The van der Waals surface area contributed by atoms with Crippen LogP contribution in [0.25, 0.3) is 10.8 Å². The molecule has 32 heavy (non-hydrogen) atoms. The van der Waals surface area contributed by atoms with Gasteiger partial charge in [0.15, 0.2) is 12.0 Å². The van der Waals surface area contributed by atoms with E-state index in [1.54, 1.807) is 0 Å². The summed E-state index contributed by atoms with van der Waals surface area (Å²) < 4.78 is 17.5. The van der Waals surface area contributed by atoms with Crippen LogP contribution in [-0.2, 0) is 27.8 Å². The van der Waals surface area contributed by atoms with E-state index in [1.807, 2.05) is 50.2 Å². The maximum Gasteiger partial charge on any atom is 0.333 e. The van der Waals surface area contributed by atoms with E-state index in [1.165, 1.54) is 0 Å². The molecule has 0 fully saturated rings. The third-order valence-corrected chi connectivity index (χ3v) is 5.31. The molecule has 1 N–H and O–H groups in total. The first-order valence-corrected chi connectivity index (χ1v) is 11.1. The van der Waals surface area contributed by atoms with E-state index in [9.17, 15) is 9.90 Å². The Balaban J connectivity index is 1.76. The van der Waals surface area contributed by atoms with Crippen molar-refractivity contribution in [2.45, 2.75) is 65.4 Å². The Morgan fingerprint density at radius 3 is 2.47 bits per heavy atom. The number of rotatable bonds is 10. The van der Waals surface area contributed by atoms with Crippen LogP contribution in [0.3, 0.4) is 0 Å². The predicted molar refractivity (Wildman–Crippen MR) is 124 cm³/mol. The van der Waals surface area contributed by atoms with Crippen molar-refractivity contribution in [2.75, 3.05) is 13.2 Å². The molecule has 6 nitrogen and oxygen atoms in total. The number of benzene rings is 2. The minimum atomic E-state index is -0.944. The lowest BCUT2D eigenvalue weighted by molar-refractivity contribution is -0.150. The van der Waals surface area contributed by atoms with E-state index < -0.39 is 12.1 Å². The number of ether oxygens (including phenoxy) is 2. The predicted octanol–water partition coefficient (Wildman–Crippen LogP) is 5.48. The van der Waals surface area contributed by atoms with Crippen LogP contribution in [-0.4, -0.2) is 35.4 Å². The minimum absolute atomic E-state index is 0.134. The summed E-state index contributed by atoms with van der Waals surface area (Å²) in [5, 5.41) is 11.5. The topological polar surface area (TPSA) is 81.8 Å². The molecule has 1 atom stereocenters. The number of carboxylic acids is 1. The van der Waals surface area contributed by atoms with Crippen molar-refractivity contribution in [3.63, 3.8) is 0 Å². The molecule has 0 saturated carbocycles. The van der Waals surface area contributed by atoms with Gasteiger partial charge in [0, 0.05) is 30.2 Å². The highest BCUT2D eigenvalue weighted by molar-refractivity contribution is 5.91. The molecule has 0 amide bonds. The van der Waals surface area contributed by atoms with Crippen molar-refractivity contribution in [3.8, 4) is 5.75 Å². The first kappa shape index (κ1) is 23.8. The molecule has 0 aliphatic heterocycles. The van der Waals surface area contributed by atoms with Crippen molar-refractivity contribution in [2.24, 2.45) is 0 Å².